The van der Waals surface area contributed by atoms with Crippen LogP contribution in [-0.4, -0.2) is 57.5 Å². The summed E-state index contributed by atoms with van der Waals surface area (Å²) in [7, 11) is 0. The minimum Gasteiger partial charge on any atom is -0.382 e. The summed E-state index contributed by atoms with van der Waals surface area (Å²) < 4.78 is 7.16. The lowest BCUT2D eigenvalue weighted by Crippen LogP contribution is -2.48. The Kier molecular flexibility index (Phi) is 9.06. The first-order chi connectivity index (χ1) is 17.6. The van der Waals surface area contributed by atoms with Gasteiger partial charge >= 0.3 is 0 Å². The van der Waals surface area contributed by atoms with Crippen molar-refractivity contribution in [2.24, 2.45) is 0 Å². The number of nitrogens with one attached hydrogen (secondary N) is 1. The smallest absolute Gasteiger partial charge is 0.247 e. The number of fused-ring (bicyclic) bond motifs is 1. The molecule has 192 valence electrons. The zero-order chi connectivity index (χ0) is 25.3. The molecular formula is C28H37N5O3. The van der Waals surface area contributed by atoms with E-state index in [1.54, 1.807) is 9.58 Å². The Balaban J connectivity index is 1.64. The molecule has 2 amide bonds. The number of benzene rings is 2. The number of amides is 2. The molecule has 1 aliphatic carbocycles. The molecule has 1 heterocycles. The van der Waals surface area contributed by atoms with Gasteiger partial charge in [-0.15, -0.1) is 5.10 Å². The van der Waals surface area contributed by atoms with Crippen LogP contribution in [0.3, 0.4) is 0 Å². The third-order valence-electron chi connectivity index (χ3n) is 6.91. The molecule has 8 nitrogen and oxygen atoms in total. The summed E-state index contributed by atoms with van der Waals surface area (Å²) in [4.78, 5) is 29.4. The van der Waals surface area contributed by atoms with Gasteiger partial charge in [-0.1, -0.05) is 60.9 Å². The van der Waals surface area contributed by atoms with Crippen molar-refractivity contribution in [2.75, 3.05) is 19.8 Å². The zero-order valence-corrected chi connectivity index (χ0v) is 21.4. The molecule has 36 heavy (non-hydrogen) atoms. The molecule has 2 aromatic carbocycles. The van der Waals surface area contributed by atoms with Gasteiger partial charge in [-0.05, 0) is 56.4 Å². The van der Waals surface area contributed by atoms with Crippen molar-refractivity contribution in [2.45, 2.75) is 71.0 Å². The van der Waals surface area contributed by atoms with Crippen molar-refractivity contribution in [1.82, 2.24) is 25.2 Å². The van der Waals surface area contributed by atoms with Crippen molar-refractivity contribution in [1.29, 1.82) is 0 Å². The molecule has 0 spiro atoms. The number of carbonyl (C=O) groups is 2. The molecule has 4 rings (SSSR count). The van der Waals surface area contributed by atoms with Crippen molar-refractivity contribution < 1.29 is 14.3 Å². The van der Waals surface area contributed by atoms with E-state index in [0.29, 0.717) is 26.2 Å². The monoisotopic (exact) mass is 491 g/mol. The molecule has 0 saturated heterocycles. The average molecular weight is 492 g/mol. The lowest BCUT2D eigenvalue weighted by atomic mass is 9.94. The van der Waals surface area contributed by atoms with Gasteiger partial charge in [-0.3, -0.25) is 9.59 Å². The molecule has 1 N–H and O–H groups in total. The second kappa shape index (κ2) is 12.6. The summed E-state index contributed by atoms with van der Waals surface area (Å²) >= 11 is 0. The van der Waals surface area contributed by atoms with E-state index in [-0.39, 0.29) is 24.4 Å². The first kappa shape index (κ1) is 25.8. The van der Waals surface area contributed by atoms with Crippen molar-refractivity contribution in [3.63, 3.8) is 0 Å². The zero-order valence-electron chi connectivity index (χ0n) is 21.4. The van der Waals surface area contributed by atoms with Crippen LogP contribution in [0, 0.1) is 6.92 Å². The highest BCUT2D eigenvalue weighted by molar-refractivity contribution is 5.89. The third kappa shape index (κ3) is 6.29. The molecule has 1 saturated carbocycles. The van der Waals surface area contributed by atoms with Gasteiger partial charge in [0.1, 0.15) is 18.1 Å². The van der Waals surface area contributed by atoms with E-state index in [0.717, 1.165) is 47.8 Å². The predicted molar refractivity (Wildman–Crippen MR) is 139 cm³/mol. The maximum atomic E-state index is 13.9. The van der Waals surface area contributed by atoms with E-state index in [2.05, 4.69) is 15.6 Å². The molecule has 1 unspecified atom stereocenters. The quantitative estimate of drug-likeness (QED) is 0.407. The number of ether oxygens (including phenoxy) is 1. The van der Waals surface area contributed by atoms with Gasteiger partial charge in [-0.25, -0.2) is 4.68 Å². The Labute approximate surface area is 213 Å². The summed E-state index contributed by atoms with van der Waals surface area (Å²) in [5, 5.41) is 11.7. The van der Waals surface area contributed by atoms with Gasteiger partial charge in [-0.2, -0.15) is 0 Å². The summed E-state index contributed by atoms with van der Waals surface area (Å²) in [6, 6.07) is 14.8. The molecule has 0 aliphatic heterocycles. The normalized spacial score (nSPS) is 15.1. The largest absolute Gasteiger partial charge is 0.382 e. The van der Waals surface area contributed by atoms with Gasteiger partial charge in [0.15, 0.2) is 0 Å². The Morgan fingerprint density at radius 3 is 2.64 bits per heavy atom. The van der Waals surface area contributed by atoms with Gasteiger partial charge in [0, 0.05) is 25.8 Å². The summed E-state index contributed by atoms with van der Waals surface area (Å²) in [6.07, 6.45) is 6.05. The highest BCUT2D eigenvalue weighted by Crippen LogP contribution is 2.27. The van der Waals surface area contributed by atoms with Crippen LogP contribution in [0.1, 0.15) is 62.6 Å². The minimum absolute atomic E-state index is 0.00817. The fourth-order valence-electron chi connectivity index (χ4n) is 5.00. The number of aryl methyl sites for hydroxylation is 1. The number of hydrogen-bond donors (Lipinski definition) is 1. The molecule has 1 fully saturated rings. The number of hydrogen-bond acceptors (Lipinski definition) is 5. The van der Waals surface area contributed by atoms with E-state index < -0.39 is 6.04 Å². The molecule has 1 aliphatic rings. The SMILES string of the molecule is CCOCCCN(C(=O)Cn1nnc2ccccc21)C(C(=O)NC1CCCCC1)c1ccccc1C. The van der Waals surface area contributed by atoms with E-state index in [9.17, 15) is 9.59 Å². The first-order valence-corrected chi connectivity index (χ1v) is 13.1. The number of aromatic nitrogens is 3. The maximum Gasteiger partial charge on any atom is 0.247 e. The van der Waals surface area contributed by atoms with Gasteiger partial charge in [0.05, 0.1) is 5.52 Å². The van der Waals surface area contributed by atoms with Crippen LogP contribution in [0.15, 0.2) is 48.5 Å². The van der Waals surface area contributed by atoms with Crippen molar-refractivity contribution in [3.8, 4) is 0 Å². The minimum atomic E-state index is -0.725. The highest BCUT2D eigenvalue weighted by atomic mass is 16.5. The molecule has 0 bridgehead atoms. The number of carbonyl (C=O) groups excluding carboxylic acids is 2. The number of rotatable bonds is 11. The van der Waals surface area contributed by atoms with Crippen LogP contribution in [0.2, 0.25) is 0 Å². The van der Waals surface area contributed by atoms with Gasteiger partial charge in [0.2, 0.25) is 11.8 Å². The second-order valence-electron chi connectivity index (χ2n) is 9.48. The summed E-state index contributed by atoms with van der Waals surface area (Å²) in [6.45, 7) is 5.49. The van der Waals surface area contributed by atoms with Crippen molar-refractivity contribution in [3.05, 3.63) is 59.7 Å². The summed E-state index contributed by atoms with van der Waals surface area (Å²) in [5.74, 6) is -0.293. The lowest BCUT2D eigenvalue weighted by Gasteiger charge is -2.34. The topological polar surface area (TPSA) is 89.3 Å². The van der Waals surface area contributed by atoms with Crippen LogP contribution in [0.5, 0.6) is 0 Å². The fraction of sp³-hybridized carbons (Fsp3) is 0.500. The predicted octanol–water partition coefficient (Wildman–Crippen LogP) is 4.19. The second-order valence-corrected chi connectivity index (χ2v) is 9.48. The highest BCUT2D eigenvalue weighted by Gasteiger charge is 2.33. The van der Waals surface area contributed by atoms with E-state index >= 15 is 0 Å². The van der Waals surface area contributed by atoms with Gasteiger partial charge in [0.25, 0.3) is 0 Å². The summed E-state index contributed by atoms with van der Waals surface area (Å²) in [5.41, 5.74) is 3.35. The Morgan fingerprint density at radius 1 is 1.11 bits per heavy atom. The Hall–Kier alpha value is -3.26. The fourth-order valence-corrected chi connectivity index (χ4v) is 5.00. The van der Waals surface area contributed by atoms with E-state index in [1.807, 2.05) is 62.4 Å². The standard InChI is InChI=1S/C28H37N5O3/c1-3-36-19-11-18-32(26(34)20-33-25-17-10-9-16-24(25)30-31-33)27(23-15-8-7-12-21(23)2)28(35)29-22-13-5-4-6-14-22/h7-10,12,15-17,22,27H,3-6,11,13-14,18-20H2,1-2H3,(H,29,35). The van der Waals surface area contributed by atoms with E-state index in [4.69, 9.17) is 4.74 Å². The number of para-hydroxylation sites is 1. The van der Waals surface area contributed by atoms with Crippen LogP contribution in [0.4, 0.5) is 0 Å². The molecule has 3 aromatic rings. The third-order valence-corrected chi connectivity index (χ3v) is 6.91. The molecule has 8 heteroatoms. The van der Waals surface area contributed by atoms with Crippen LogP contribution >= 0.6 is 0 Å². The Morgan fingerprint density at radius 2 is 1.86 bits per heavy atom. The average Bonchev–Trinajstić information content (AvgIpc) is 3.30. The van der Waals surface area contributed by atoms with Crippen molar-refractivity contribution >= 4 is 22.8 Å². The molecule has 1 aromatic heterocycles. The van der Waals surface area contributed by atoms with Gasteiger partial charge < -0.3 is 15.0 Å². The Bertz CT molecular complexity index is 1150. The molecule has 0 radical (unpaired) electrons. The molecule has 1 atom stereocenters. The first-order valence-electron chi connectivity index (χ1n) is 13.1. The van der Waals surface area contributed by atoms with E-state index in [1.165, 1.54) is 6.42 Å². The maximum absolute atomic E-state index is 13.9. The lowest BCUT2D eigenvalue weighted by molar-refractivity contribution is -0.142. The van der Waals surface area contributed by atoms with Crippen LogP contribution in [0.25, 0.3) is 11.0 Å². The number of nitrogens with zero attached hydrogens (tertiary/aromatic N) is 4. The van der Waals surface area contributed by atoms with Crippen LogP contribution in [-0.2, 0) is 20.9 Å². The molecular weight excluding hydrogens is 454 g/mol. The van der Waals surface area contributed by atoms with Crippen LogP contribution < -0.4 is 5.32 Å².